The average Bonchev–Trinajstić information content (AvgIpc) is 1.49. The molecule has 4 aliphatic rings. The maximum Gasteiger partial charge on any atom is 2.00 e. The van der Waals surface area contributed by atoms with E-state index in [0.717, 1.165) is 48.0 Å². The summed E-state index contributed by atoms with van der Waals surface area (Å²) in [6, 6.07) is 66.2. The fraction of sp³-hybridized carbons (Fsp3) is 0.500. The van der Waals surface area contributed by atoms with E-state index >= 15 is 0 Å². The van der Waals surface area contributed by atoms with Gasteiger partial charge in [0.25, 0.3) is 0 Å². The van der Waals surface area contributed by atoms with Crippen molar-refractivity contribution in [3.05, 3.63) is 215 Å². The van der Waals surface area contributed by atoms with Crippen molar-refractivity contribution in [2.24, 2.45) is 0 Å². The quantitative estimate of drug-likeness (QED) is 0.0326. The number of hydrogen-bond donors (Lipinski definition) is 0. The molecule has 0 radical (unpaired) electrons. The van der Waals surface area contributed by atoms with Gasteiger partial charge >= 0.3 is 17.1 Å². The van der Waals surface area contributed by atoms with E-state index in [1.807, 2.05) is 38.7 Å². The zero-order valence-electron chi connectivity index (χ0n) is 61.2. The molecule has 4 aliphatic carbocycles. The third-order valence-corrected chi connectivity index (χ3v) is 37.1. The summed E-state index contributed by atoms with van der Waals surface area (Å²) in [5.74, 6) is 0. The van der Waals surface area contributed by atoms with Crippen LogP contribution in [0.4, 0.5) is 0 Å². The van der Waals surface area contributed by atoms with Gasteiger partial charge in [0, 0.05) is 31.3 Å². The molecule has 6 aromatic carbocycles. The Labute approximate surface area is 643 Å². The SMILES string of the molecule is C=CCP(c1ccccc1)c1ccccc1.CC(C)(C)P(C1CCCCC1)C1CCCCC1.CC(C)N(C(C)C)P(Cl)Cl.CCN(CC)P(Cl)Cl.CN(C)P(Cl)Cl.[CH3-].[CH3-].[Fe+2].c1ccc(CP(c2ccccc2)c2ccccc2)cc1.c1ccc(P(C2CCCC2)C2CCCC2)cc1. The van der Waals surface area contributed by atoms with E-state index in [1.165, 1.54) is 117 Å². The van der Waals surface area contributed by atoms with Crippen molar-refractivity contribution in [3.63, 3.8) is 0 Å². The number of allylic oxidation sites excluding steroid dienone is 1. The van der Waals surface area contributed by atoms with E-state index in [-0.39, 0.29) is 63.6 Å². The van der Waals surface area contributed by atoms with Gasteiger partial charge in [-0.15, -0.1) is 6.58 Å². The van der Waals surface area contributed by atoms with Gasteiger partial charge in [0.05, 0.1) is 0 Å². The third-order valence-electron chi connectivity index (χ3n) is 17.4. The van der Waals surface area contributed by atoms with E-state index in [1.54, 1.807) is 35.7 Å². The molecule has 97 heavy (non-hydrogen) atoms. The molecule has 0 heterocycles. The summed E-state index contributed by atoms with van der Waals surface area (Å²) in [5, 5.41) is 8.02. The summed E-state index contributed by atoms with van der Waals surface area (Å²) in [4.78, 5) is 0. The molecule has 0 aliphatic heterocycles. The minimum atomic E-state index is -0.965. The van der Waals surface area contributed by atoms with Crippen LogP contribution < -0.4 is 26.5 Å². The number of halogens is 6. The van der Waals surface area contributed by atoms with Crippen LogP contribution >= 0.6 is 119 Å². The van der Waals surface area contributed by atoms with Gasteiger partial charge in [-0.25, -0.2) is 0 Å². The van der Waals surface area contributed by atoms with Crippen LogP contribution in [-0.4, -0.2) is 87.2 Å². The maximum absolute atomic E-state index is 5.79. The molecule has 542 valence electrons. The molecule has 6 aromatic rings. The first kappa shape index (κ1) is 95.2. The minimum absolute atomic E-state index is 0. The van der Waals surface area contributed by atoms with Crippen LogP contribution in [0.15, 0.2) is 195 Å². The Hall–Kier alpha value is 0.209. The first-order valence-corrected chi connectivity index (χ1v) is 50.1. The first-order valence-electron chi connectivity index (χ1n) is 34.8. The van der Waals surface area contributed by atoms with Crippen LogP contribution in [0.5, 0.6) is 0 Å². The van der Waals surface area contributed by atoms with Gasteiger partial charge in [-0.3, -0.25) is 14.0 Å². The summed E-state index contributed by atoms with van der Waals surface area (Å²) >= 11 is 33.5. The van der Waals surface area contributed by atoms with Gasteiger partial charge in [0.15, 0.2) is 20.3 Å². The van der Waals surface area contributed by atoms with E-state index in [0.29, 0.717) is 17.2 Å². The predicted octanol–water partition coefficient (Wildman–Crippen LogP) is 28.2. The van der Waals surface area contributed by atoms with Crippen molar-refractivity contribution >= 4 is 146 Å². The third kappa shape index (κ3) is 37.3. The summed E-state index contributed by atoms with van der Waals surface area (Å²) < 4.78 is 5.87. The van der Waals surface area contributed by atoms with E-state index in [2.05, 4.69) is 242 Å². The zero-order chi connectivity index (χ0) is 68.7. The fourth-order valence-electron chi connectivity index (χ4n) is 13.2. The first-order chi connectivity index (χ1) is 45.2. The molecule has 4 fully saturated rings. The Kier molecular flexibility index (Phi) is 54.6. The van der Waals surface area contributed by atoms with Crippen molar-refractivity contribution < 1.29 is 17.1 Å². The maximum atomic E-state index is 5.79. The molecule has 17 heteroatoms. The second-order valence-corrected chi connectivity index (χ2v) is 47.6. The molecule has 0 N–H and O–H groups in total. The largest absolute Gasteiger partial charge is 2.00 e. The Morgan fingerprint density at radius 2 is 0.701 bits per heavy atom. The van der Waals surface area contributed by atoms with Gasteiger partial charge < -0.3 is 14.9 Å². The topological polar surface area (TPSA) is 9.72 Å². The van der Waals surface area contributed by atoms with Crippen molar-refractivity contribution in [3.8, 4) is 0 Å². The smallest absolute Gasteiger partial charge is 0.358 e. The standard InChI is InChI=1S/C19H17P.C16H23P.C16H31P.C15H15P.C6H14Cl2NP.C4H10Cl2NP.C2H6Cl2NP.2CH3.Fe/c1-4-10-17(11-5-1)16-20(18-12-6-2-7-13-18)19-14-8-3-9-15-19;1-2-8-14(9-3-1)17(15-10-4-5-11-15)16-12-6-7-13-16;1-16(2,3)17(14-10-6-4-7-11-14)15-12-8-5-9-13-15;1-2-13-16(14-9-5-3-6-10-14)15-11-7-4-8-12-15;1-5(2)9(6(3)4)10(7)8;1-3-7(4-2)8(5)6;1-5(2)6(3)4;;;/h1-15H,16H2;1-3,8-9,15-16H,4-7,10-13H2;14-15H,4-13H2,1-3H3;2-12H,1,13H2;5-6H,1-4H3;3-4H2,1-2H3;1-2H3;2*1H3;/q;;;;;;;2*-1;+2. The van der Waals surface area contributed by atoms with Gasteiger partial charge in [0.1, 0.15) is 0 Å². The molecule has 0 spiro atoms. The molecular weight excluding hydrogens is 1490 g/mol. The van der Waals surface area contributed by atoms with Gasteiger partial charge in [-0.05, 0) is 175 Å². The van der Waals surface area contributed by atoms with Crippen LogP contribution in [-0.2, 0) is 23.2 Å². The van der Waals surface area contributed by atoms with Gasteiger partial charge in [0.2, 0.25) is 0 Å². The van der Waals surface area contributed by atoms with Crippen LogP contribution in [0.25, 0.3) is 0 Å². The molecule has 10 rings (SSSR count). The Balaban J connectivity index is 0.000000580. The molecule has 0 bridgehead atoms. The van der Waals surface area contributed by atoms with Crippen molar-refractivity contribution in [2.45, 2.75) is 224 Å². The summed E-state index contributed by atoms with van der Waals surface area (Å²) in [6.07, 6.45) is 31.5. The molecule has 0 atom stereocenters. The summed E-state index contributed by atoms with van der Waals surface area (Å²) in [7, 11) is 3.49. The molecular formula is C80H122Cl6FeN3P7. The van der Waals surface area contributed by atoms with Crippen molar-refractivity contribution in [2.75, 3.05) is 33.3 Å². The van der Waals surface area contributed by atoms with Crippen molar-refractivity contribution in [1.29, 1.82) is 0 Å². The van der Waals surface area contributed by atoms with Crippen LogP contribution in [0, 0.1) is 14.9 Å². The van der Waals surface area contributed by atoms with E-state index in [9.17, 15) is 0 Å². The average molecular weight is 1610 g/mol. The van der Waals surface area contributed by atoms with E-state index in [4.69, 9.17) is 67.4 Å². The monoisotopic (exact) mass is 1610 g/mol. The van der Waals surface area contributed by atoms with Gasteiger partial charge in [-0.2, -0.15) is 0 Å². The molecule has 4 saturated carbocycles. The Morgan fingerprint density at radius 3 is 0.938 bits per heavy atom. The van der Waals surface area contributed by atoms with Crippen LogP contribution in [0.3, 0.4) is 0 Å². The molecule has 0 amide bonds. The van der Waals surface area contributed by atoms with Gasteiger partial charge in [-0.1, -0.05) is 370 Å². The molecule has 3 nitrogen and oxygen atoms in total. The second kappa shape index (κ2) is 55.6. The van der Waals surface area contributed by atoms with Crippen molar-refractivity contribution in [1.82, 2.24) is 14.0 Å². The fourth-order valence-corrected chi connectivity index (χ4v) is 30.5. The summed E-state index contributed by atoms with van der Waals surface area (Å²) in [5.41, 5.74) is 5.74. The molecule has 0 unspecified atom stereocenters. The summed E-state index contributed by atoms with van der Waals surface area (Å²) in [6.45, 7) is 23.1. The molecule has 0 aromatic heterocycles. The number of rotatable bonds is 20. The molecule has 0 saturated heterocycles. The zero-order valence-corrected chi connectivity index (χ0v) is 73.1. The minimum Gasteiger partial charge on any atom is -0.358 e. The number of benzene rings is 6. The Bertz CT molecular complexity index is 2640. The van der Waals surface area contributed by atoms with Crippen LogP contribution in [0.1, 0.15) is 183 Å². The predicted molar refractivity (Wildman–Crippen MR) is 459 cm³/mol. The number of nitrogens with zero attached hydrogens (tertiary/aromatic N) is 3. The van der Waals surface area contributed by atoms with E-state index < -0.39 is 20.3 Å². The Morgan fingerprint density at radius 1 is 0.423 bits per heavy atom. The van der Waals surface area contributed by atoms with Crippen LogP contribution in [0.2, 0.25) is 0 Å². The normalized spacial score (nSPS) is 15.2. The second-order valence-electron chi connectivity index (χ2n) is 26.3. The number of hydrogen-bond acceptors (Lipinski definition) is 3.